The van der Waals surface area contributed by atoms with E-state index >= 15 is 0 Å². The highest BCUT2D eigenvalue weighted by Gasteiger charge is 2.16. The zero-order valence-electron chi connectivity index (χ0n) is 13.1. The van der Waals surface area contributed by atoms with Gasteiger partial charge in [-0.1, -0.05) is 23.4 Å². The molecule has 0 aliphatic heterocycles. The molecule has 126 valence electrons. The second kappa shape index (κ2) is 7.36. The van der Waals surface area contributed by atoms with Crippen LogP contribution in [0, 0.1) is 0 Å². The molecule has 0 spiro atoms. The third kappa shape index (κ3) is 3.18. The lowest BCUT2D eigenvalue weighted by Crippen LogP contribution is -2.22. The van der Waals surface area contributed by atoms with Crippen LogP contribution in [0.3, 0.4) is 0 Å². The monoisotopic (exact) mass is 366 g/mol. The van der Waals surface area contributed by atoms with Gasteiger partial charge < -0.3 is 4.57 Å². The molecule has 0 aliphatic carbocycles. The van der Waals surface area contributed by atoms with Gasteiger partial charge in [0.15, 0.2) is 16.3 Å². The number of hydrogen-bond acceptors (Lipinski definition) is 4. The average Bonchev–Trinajstić information content (AvgIpc) is 3.00. The van der Waals surface area contributed by atoms with Gasteiger partial charge in [0.25, 0.3) is 5.56 Å². The molecular weight excluding hydrogens is 351 g/mol. The van der Waals surface area contributed by atoms with Gasteiger partial charge in [0.2, 0.25) is 0 Å². The van der Waals surface area contributed by atoms with Gasteiger partial charge in [0.1, 0.15) is 0 Å². The van der Waals surface area contributed by atoms with Gasteiger partial charge in [-0.15, -0.1) is 0 Å². The van der Waals surface area contributed by atoms with Crippen LogP contribution in [0.2, 0.25) is 5.02 Å². The van der Waals surface area contributed by atoms with Crippen LogP contribution in [0.4, 0.5) is 4.39 Å². The van der Waals surface area contributed by atoms with E-state index in [4.69, 9.17) is 11.6 Å². The first-order valence-electron chi connectivity index (χ1n) is 7.58. The van der Waals surface area contributed by atoms with Gasteiger partial charge in [0, 0.05) is 17.3 Å². The predicted octanol–water partition coefficient (Wildman–Crippen LogP) is 3.71. The predicted molar refractivity (Wildman–Crippen MR) is 95.1 cm³/mol. The van der Waals surface area contributed by atoms with Crippen molar-refractivity contribution in [2.75, 3.05) is 12.4 Å². The average molecular weight is 367 g/mol. The summed E-state index contributed by atoms with van der Waals surface area (Å²) in [5, 5.41) is 1.11. The molecule has 0 radical (unpaired) electrons. The minimum absolute atomic E-state index is 0.239. The molecule has 0 N–H and O–H groups in total. The lowest BCUT2D eigenvalue weighted by molar-refractivity contribution is 0.489. The lowest BCUT2D eigenvalue weighted by atomic mass is 10.3. The Hall–Kier alpha value is -1.86. The van der Waals surface area contributed by atoms with Crippen LogP contribution in [0.15, 0.2) is 40.5 Å². The minimum atomic E-state index is -0.396. The van der Waals surface area contributed by atoms with Crippen LogP contribution in [0.25, 0.3) is 16.9 Å². The van der Waals surface area contributed by atoms with E-state index in [0.29, 0.717) is 45.7 Å². The maximum Gasteiger partial charge on any atom is 0.286 e. The second-order valence-electron chi connectivity index (χ2n) is 5.11. The zero-order chi connectivity index (χ0) is 17.1. The first-order chi connectivity index (χ1) is 11.7. The SMILES string of the molecule is CCn1cnc2c(=O)n(-c3ccc(Cl)cc3)c(SCCCF)nc21. The summed E-state index contributed by atoms with van der Waals surface area (Å²) in [5.41, 5.74) is 1.29. The molecule has 0 amide bonds. The van der Waals surface area contributed by atoms with Crippen LogP contribution in [-0.2, 0) is 6.54 Å². The number of benzene rings is 1. The molecule has 3 aromatic rings. The van der Waals surface area contributed by atoms with Crippen molar-refractivity contribution in [3.8, 4) is 5.69 Å². The maximum absolute atomic E-state index is 12.9. The van der Waals surface area contributed by atoms with Crippen molar-refractivity contribution >= 4 is 34.5 Å². The number of nitrogens with zero attached hydrogens (tertiary/aromatic N) is 4. The Morgan fingerprint density at radius 1 is 1.29 bits per heavy atom. The van der Waals surface area contributed by atoms with E-state index in [9.17, 15) is 9.18 Å². The Kier molecular flexibility index (Phi) is 5.20. The standard InChI is InChI=1S/C16H16ClFN4OS/c1-2-21-10-19-13-14(21)20-16(24-9-3-8-18)22(15(13)23)12-6-4-11(17)5-7-12/h4-7,10H,2-3,8-9H2,1H3. The Morgan fingerprint density at radius 2 is 2.04 bits per heavy atom. The Morgan fingerprint density at radius 3 is 2.71 bits per heavy atom. The molecule has 8 heteroatoms. The number of imidazole rings is 1. The number of thioether (sulfide) groups is 1. The normalized spacial score (nSPS) is 11.3. The van der Waals surface area contributed by atoms with Crippen molar-refractivity contribution in [1.82, 2.24) is 19.1 Å². The summed E-state index contributed by atoms with van der Waals surface area (Å²) in [7, 11) is 0. The first kappa shape index (κ1) is 17.0. The minimum Gasteiger partial charge on any atom is -0.315 e. The van der Waals surface area contributed by atoms with Gasteiger partial charge in [-0.2, -0.15) is 0 Å². The van der Waals surface area contributed by atoms with Crippen LogP contribution in [0.1, 0.15) is 13.3 Å². The molecule has 1 aromatic carbocycles. The molecule has 24 heavy (non-hydrogen) atoms. The van der Waals surface area contributed by atoms with Crippen molar-refractivity contribution in [3.05, 3.63) is 46.0 Å². The number of rotatable bonds is 6. The van der Waals surface area contributed by atoms with E-state index in [2.05, 4.69) is 9.97 Å². The fraction of sp³-hybridized carbons (Fsp3) is 0.312. The zero-order valence-corrected chi connectivity index (χ0v) is 14.6. The maximum atomic E-state index is 12.9. The Balaban J connectivity index is 2.20. The van der Waals surface area contributed by atoms with E-state index in [-0.39, 0.29) is 5.56 Å². The summed E-state index contributed by atoms with van der Waals surface area (Å²) in [5.74, 6) is 0.544. The highest BCUT2D eigenvalue weighted by molar-refractivity contribution is 7.99. The van der Waals surface area contributed by atoms with Crippen molar-refractivity contribution in [2.45, 2.75) is 25.0 Å². The van der Waals surface area contributed by atoms with Crippen molar-refractivity contribution < 1.29 is 4.39 Å². The van der Waals surface area contributed by atoms with E-state index in [1.807, 2.05) is 11.5 Å². The fourth-order valence-electron chi connectivity index (χ4n) is 2.34. The van der Waals surface area contributed by atoms with E-state index in [1.165, 1.54) is 16.3 Å². The molecule has 0 unspecified atom stereocenters. The van der Waals surface area contributed by atoms with E-state index < -0.39 is 6.67 Å². The Bertz CT molecular complexity index is 907. The largest absolute Gasteiger partial charge is 0.315 e. The number of aromatic nitrogens is 4. The topological polar surface area (TPSA) is 52.7 Å². The number of alkyl halides is 1. The van der Waals surface area contributed by atoms with Gasteiger partial charge >= 0.3 is 0 Å². The van der Waals surface area contributed by atoms with Gasteiger partial charge in [-0.05, 0) is 37.6 Å². The van der Waals surface area contributed by atoms with Crippen LogP contribution in [0.5, 0.6) is 0 Å². The molecule has 5 nitrogen and oxygen atoms in total. The van der Waals surface area contributed by atoms with Gasteiger partial charge in [-0.25, -0.2) is 9.97 Å². The third-order valence-corrected chi connectivity index (χ3v) is 4.82. The highest BCUT2D eigenvalue weighted by Crippen LogP contribution is 2.22. The van der Waals surface area contributed by atoms with Crippen molar-refractivity contribution in [2.24, 2.45) is 0 Å². The summed E-state index contributed by atoms with van der Waals surface area (Å²) in [6, 6.07) is 6.95. The molecule has 3 rings (SSSR count). The van der Waals surface area contributed by atoms with Crippen LogP contribution in [-0.4, -0.2) is 31.5 Å². The molecule has 0 aliphatic rings. The molecule has 2 aromatic heterocycles. The molecule has 0 fully saturated rings. The van der Waals surface area contributed by atoms with Crippen molar-refractivity contribution in [3.63, 3.8) is 0 Å². The van der Waals surface area contributed by atoms with Gasteiger partial charge in [-0.3, -0.25) is 13.8 Å². The summed E-state index contributed by atoms with van der Waals surface area (Å²) in [6.45, 7) is 2.24. The molecule has 0 atom stereocenters. The highest BCUT2D eigenvalue weighted by atomic mass is 35.5. The number of halogens is 2. The fourth-order valence-corrected chi connectivity index (χ4v) is 3.37. The number of fused-ring (bicyclic) bond motifs is 1. The van der Waals surface area contributed by atoms with Crippen molar-refractivity contribution in [1.29, 1.82) is 0 Å². The molecular formula is C16H16ClFN4OS. The van der Waals surface area contributed by atoms with E-state index in [0.717, 1.165) is 0 Å². The Labute approximate surface area is 147 Å². The smallest absolute Gasteiger partial charge is 0.286 e. The molecule has 0 bridgehead atoms. The number of aryl methyl sites for hydroxylation is 1. The third-order valence-electron chi connectivity index (χ3n) is 3.54. The molecule has 0 saturated carbocycles. The second-order valence-corrected chi connectivity index (χ2v) is 6.60. The van der Waals surface area contributed by atoms with Crippen LogP contribution < -0.4 is 5.56 Å². The van der Waals surface area contributed by atoms with Crippen LogP contribution >= 0.6 is 23.4 Å². The summed E-state index contributed by atoms with van der Waals surface area (Å²) < 4.78 is 15.8. The number of hydrogen-bond donors (Lipinski definition) is 0. The first-order valence-corrected chi connectivity index (χ1v) is 8.94. The quantitative estimate of drug-likeness (QED) is 0.379. The lowest BCUT2D eigenvalue weighted by Gasteiger charge is -2.12. The van der Waals surface area contributed by atoms with Gasteiger partial charge in [0.05, 0.1) is 18.7 Å². The summed E-state index contributed by atoms with van der Waals surface area (Å²) in [4.78, 5) is 21.7. The molecule has 0 saturated heterocycles. The summed E-state index contributed by atoms with van der Waals surface area (Å²) >= 11 is 7.29. The molecule has 2 heterocycles. The van der Waals surface area contributed by atoms with E-state index in [1.54, 1.807) is 30.6 Å². The summed E-state index contributed by atoms with van der Waals surface area (Å²) in [6.07, 6.45) is 2.02.